The molecule has 1 aliphatic heterocycles. The smallest absolute Gasteiger partial charge is 0.311 e. The number of hydrogen-bond acceptors (Lipinski definition) is 3. The molecule has 2 aromatic rings. The third-order valence-electron chi connectivity index (χ3n) is 3.43. The molecule has 1 atom stereocenters. The van der Waals surface area contributed by atoms with Crippen LogP contribution in [-0.2, 0) is 4.79 Å². The maximum Gasteiger partial charge on any atom is 0.311 e. The number of aliphatic carboxylic acids is 1. The first kappa shape index (κ1) is 14.4. The number of carboxylic acid groups (broad SMARTS) is 1. The van der Waals surface area contributed by atoms with Crippen LogP contribution in [0.4, 0.5) is 0 Å². The molecular weight excluding hydrogens is 352 g/mol. The average molecular weight is 363 g/mol. The van der Waals surface area contributed by atoms with Crippen LogP contribution in [0, 0.1) is 0 Å². The first-order chi connectivity index (χ1) is 10.1. The Morgan fingerprint density at radius 2 is 1.90 bits per heavy atom. The quantitative estimate of drug-likeness (QED) is 0.839. The van der Waals surface area contributed by atoms with Gasteiger partial charge in [0.25, 0.3) is 0 Å². The minimum Gasteiger partial charge on any atom is -0.481 e. The number of carbonyl (C=O) groups excluding carboxylic acids is 1. The van der Waals surface area contributed by atoms with Crippen LogP contribution >= 0.6 is 27.7 Å². The van der Waals surface area contributed by atoms with Crippen molar-refractivity contribution in [3.63, 3.8) is 0 Å². The summed E-state index contributed by atoms with van der Waals surface area (Å²) >= 11 is 4.82. The first-order valence-electron chi connectivity index (χ1n) is 6.36. The number of carbonyl (C=O) groups is 2. The van der Waals surface area contributed by atoms with E-state index >= 15 is 0 Å². The lowest BCUT2D eigenvalue weighted by atomic mass is 9.96. The highest BCUT2D eigenvalue weighted by Crippen LogP contribution is 2.44. The Morgan fingerprint density at radius 3 is 2.57 bits per heavy atom. The second-order valence-corrected chi connectivity index (χ2v) is 6.71. The second kappa shape index (κ2) is 5.66. The fraction of sp³-hybridized carbons (Fsp3) is 0.125. The third kappa shape index (κ3) is 2.63. The molecule has 0 aromatic heterocycles. The van der Waals surface area contributed by atoms with Crippen LogP contribution in [0.15, 0.2) is 51.8 Å². The summed E-state index contributed by atoms with van der Waals surface area (Å²) in [5.41, 5.74) is 1.90. The number of halogens is 1. The zero-order valence-electron chi connectivity index (χ0n) is 10.9. The van der Waals surface area contributed by atoms with Gasteiger partial charge in [-0.05, 0) is 17.7 Å². The van der Waals surface area contributed by atoms with Gasteiger partial charge in [-0.3, -0.25) is 9.59 Å². The lowest BCUT2D eigenvalue weighted by Crippen LogP contribution is -2.11. The highest BCUT2D eigenvalue weighted by Gasteiger charge is 2.32. The number of benzene rings is 2. The van der Waals surface area contributed by atoms with Crippen molar-refractivity contribution in [1.82, 2.24) is 0 Å². The maximum absolute atomic E-state index is 12.7. The van der Waals surface area contributed by atoms with Crippen LogP contribution in [0.2, 0.25) is 0 Å². The molecule has 3 nitrogen and oxygen atoms in total. The fourth-order valence-electron chi connectivity index (χ4n) is 2.41. The lowest BCUT2D eigenvalue weighted by Gasteiger charge is -2.10. The molecule has 2 aromatic carbocycles. The van der Waals surface area contributed by atoms with Gasteiger partial charge in [-0.15, -0.1) is 11.8 Å². The highest BCUT2D eigenvalue weighted by molar-refractivity contribution is 9.10. The van der Waals surface area contributed by atoms with Crippen LogP contribution in [0.3, 0.4) is 0 Å². The second-order valence-electron chi connectivity index (χ2n) is 4.77. The summed E-state index contributed by atoms with van der Waals surface area (Å²) in [5, 5.41) is 9.28. The predicted molar refractivity (Wildman–Crippen MR) is 85.1 cm³/mol. The molecule has 0 fully saturated rings. The number of carboxylic acids is 1. The molecule has 0 aliphatic carbocycles. The minimum absolute atomic E-state index is 0.0771. The number of ketones is 1. The molecule has 21 heavy (non-hydrogen) atoms. The standard InChI is InChI=1S/C16H11BrO3S/c17-10-6-11-13(16(19)20)8-21-15(11)12(7-10)14(18)9-4-2-1-3-5-9/h1-7,13H,8H2,(H,19,20). The molecule has 0 saturated carbocycles. The molecule has 0 spiro atoms. The molecule has 0 bridgehead atoms. The average Bonchev–Trinajstić information content (AvgIpc) is 2.90. The summed E-state index contributed by atoms with van der Waals surface area (Å²) < 4.78 is 0.731. The topological polar surface area (TPSA) is 54.4 Å². The largest absolute Gasteiger partial charge is 0.481 e. The summed E-state index contributed by atoms with van der Waals surface area (Å²) in [7, 11) is 0. The van der Waals surface area contributed by atoms with E-state index in [-0.39, 0.29) is 5.78 Å². The Hall–Kier alpha value is -1.59. The number of hydrogen-bond donors (Lipinski definition) is 1. The van der Waals surface area contributed by atoms with Gasteiger partial charge in [0.05, 0.1) is 5.92 Å². The van der Waals surface area contributed by atoms with Crippen molar-refractivity contribution in [2.75, 3.05) is 5.75 Å². The Labute approximate surface area is 134 Å². The fourth-order valence-corrected chi connectivity index (χ4v) is 4.22. The Bertz CT molecular complexity index is 728. The summed E-state index contributed by atoms with van der Waals surface area (Å²) in [6, 6.07) is 12.6. The van der Waals surface area contributed by atoms with E-state index in [0.717, 1.165) is 14.9 Å². The summed E-state index contributed by atoms with van der Waals surface area (Å²) in [6.45, 7) is 0. The molecule has 1 unspecified atom stereocenters. The van der Waals surface area contributed by atoms with Gasteiger partial charge in [0.1, 0.15) is 0 Å². The van der Waals surface area contributed by atoms with E-state index in [1.807, 2.05) is 18.2 Å². The van der Waals surface area contributed by atoms with Crippen molar-refractivity contribution in [2.24, 2.45) is 0 Å². The molecule has 0 amide bonds. The number of fused-ring (bicyclic) bond motifs is 1. The Kier molecular flexibility index (Phi) is 3.87. The van der Waals surface area contributed by atoms with Crippen molar-refractivity contribution in [3.8, 4) is 0 Å². The van der Waals surface area contributed by atoms with Crippen molar-refractivity contribution >= 4 is 39.4 Å². The van der Waals surface area contributed by atoms with Crippen molar-refractivity contribution in [3.05, 3.63) is 63.6 Å². The molecular formula is C16H11BrO3S. The SMILES string of the molecule is O=C(c1ccccc1)c1cc(Br)cc2c1SCC2C(=O)O. The lowest BCUT2D eigenvalue weighted by molar-refractivity contribution is -0.138. The first-order valence-corrected chi connectivity index (χ1v) is 8.14. The van der Waals surface area contributed by atoms with Crippen molar-refractivity contribution in [1.29, 1.82) is 0 Å². The van der Waals surface area contributed by atoms with E-state index in [1.54, 1.807) is 24.3 Å². The summed E-state index contributed by atoms with van der Waals surface area (Å²) in [5.74, 6) is -1.01. The van der Waals surface area contributed by atoms with Gasteiger partial charge in [0.15, 0.2) is 5.78 Å². The molecule has 1 heterocycles. The van der Waals surface area contributed by atoms with E-state index in [4.69, 9.17) is 0 Å². The normalized spacial score (nSPS) is 16.5. The predicted octanol–water partition coefficient (Wildman–Crippen LogP) is 3.95. The van der Waals surface area contributed by atoms with Gasteiger partial charge in [0, 0.05) is 26.2 Å². The molecule has 1 N–H and O–H groups in total. The maximum atomic E-state index is 12.7. The summed E-state index contributed by atoms with van der Waals surface area (Å²) in [4.78, 5) is 24.8. The zero-order chi connectivity index (χ0) is 15.0. The molecule has 1 aliphatic rings. The van der Waals surface area contributed by atoms with Crippen LogP contribution in [0.25, 0.3) is 0 Å². The van der Waals surface area contributed by atoms with Gasteiger partial charge < -0.3 is 5.11 Å². The van der Waals surface area contributed by atoms with E-state index in [2.05, 4.69) is 15.9 Å². The number of rotatable bonds is 3. The van der Waals surface area contributed by atoms with Gasteiger partial charge in [0.2, 0.25) is 0 Å². The van der Waals surface area contributed by atoms with Crippen LogP contribution in [-0.4, -0.2) is 22.6 Å². The van der Waals surface area contributed by atoms with Crippen LogP contribution < -0.4 is 0 Å². The molecule has 3 rings (SSSR count). The monoisotopic (exact) mass is 362 g/mol. The molecule has 0 saturated heterocycles. The van der Waals surface area contributed by atoms with E-state index in [0.29, 0.717) is 16.9 Å². The van der Waals surface area contributed by atoms with Gasteiger partial charge in [-0.1, -0.05) is 46.3 Å². The number of thioether (sulfide) groups is 1. The Balaban J connectivity index is 2.11. The Morgan fingerprint density at radius 1 is 1.19 bits per heavy atom. The van der Waals surface area contributed by atoms with Gasteiger partial charge in [-0.2, -0.15) is 0 Å². The molecule has 106 valence electrons. The van der Waals surface area contributed by atoms with E-state index in [9.17, 15) is 14.7 Å². The molecule has 5 heteroatoms. The van der Waals surface area contributed by atoms with Gasteiger partial charge in [-0.25, -0.2) is 0 Å². The third-order valence-corrected chi connectivity index (χ3v) is 5.13. The van der Waals surface area contributed by atoms with Crippen LogP contribution in [0.1, 0.15) is 27.4 Å². The minimum atomic E-state index is -0.850. The zero-order valence-corrected chi connectivity index (χ0v) is 13.3. The highest BCUT2D eigenvalue weighted by atomic mass is 79.9. The van der Waals surface area contributed by atoms with Crippen molar-refractivity contribution < 1.29 is 14.7 Å². The van der Waals surface area contributed by atoms with Gasteiger partial charge >= 0.3 is 5.97 Å². The van der Waals surface area contributed by atoms with Crippen molar-refractivity contribution in [2.45, 2.75) is 10.8 Å². The summed E-state index contributed by atoms with van der Waals surface area (Å²) in [6.07, 6.45) is 0. The molecule has 0 radical (unpaired) electrons. The van der Waals surface area contributed by atoms with E-state index in [1.165, 1.54) is 11.8 Å². The van der Waals surface area contributed by atoms with Crippen LogP contribution in [0.5, 0.6) is 0 Å². The van der Waals surface area contributed by atoms with E-state index < -0.39 is 11.9 Å².